The molecule has 0 saturated heterocycles. The Morgan fingerprint density at radius 3 is 2.77 bits per heavy atom. The van der Waals surface area contributed by atoms with Crippen LogP contribution in [0.25, 0.3) is 0 Å². The van der Waals surface area contributed by atoms with Crippen molar-refractivity contribution in [2.45, 2.75) is 25.9 Å². The highest BCUT2D eigenvalue weighted by molar-refractivity contribution is 14.0. The van der Waals surface area contributed by atoms with Gasteiger partial charge in [0.25, 0.3) is 0 Å². The SMILES string of the molecule is CN=C(NCc1cc(Cl)c2c(c1)OCCO2)NC1CC1C.I. The molecule has 1 aromatic rings. The van der Waals surface area contributed by atoms with Crippen LogP contribution in [0.2, 0.25) is 5.02 Å². The molecule has 0 amide bonds. The molecule has 1 saturated carbocycles. The zero-order valence-electron chi connectivity index (χ0n) is 12.7. The Bertz CT molecular complexity index is 568. The molecule has 1 heterocycles. The molecular weight excluding hydrogens is 417 g/mol. The lowest BCUT2D eigenvalue weighted by Gasteiger charge is -2.20. The fourth-order valence-corrected chi connectivity index (χ4v) is 2.63. The van der Waals surface area contributed by atoms with E-state index in [1.54, 1.807) is 7.05 Å². The quantitative estimate of drug-likeness (QED) is 0.434. The van der Waals surface area contributed by atoms with Crippen LogP contribution in [0.5, 0.6) is 11.5 Å². The number of nitrogens with one attached hydrogen (secondary N) is 2. The Morgan fingerprint density at radius 2 is 2.09 bits per heavy atom. The number of guanidine groups is 1. The molecule has 0 spiro atoms. The first-order valence-corrected chi connectivity index (χ1v) is 7.60. The van der Waals surface area contributed by atoms with E-state index in [1.165, 1.54) is 6.42 Å². The third-order valence-electron chi connectivity index (χ3n) is 3.77. The summed E-state index contributed by atoms with van der Waals surface area (Å²) in [5, 5.41) is 7.27. The summed E-state index contributed by atoms with van der Waals surface area (Å²) in [5.41, 5.74) is 1.04. The number of ether oxygens (including phenoxy) is 2. The van der Waals surface area contributed by atoms with E-state index < -0.39 is 0 Å². The van der Waals surface area contributed by atoms with Crippen LogP contribution in [0.3, 0.4) is 0 Å². The summed E-state index contributed by atoms with van der Waals surface area (Å²) < 4.78 is 11.1. The van der Waals surface area contributed by atoms with Crippen LogP contribution in [0.1, 0.15) is 18.9 Å². The van der Waals surface area contributed by atoms with Crippen molar-refractivity contribution >= 4 is 41.5 Å². The first kappa shape index (κ1) is 17.5. The third-order valence-corrected chi connectivity index (χ3v) is 4.05. The van der Waals surface area contributed by atoms with Gasteiger partial charge in [0, 0.05) is 19.6 Å². The van der Waals surface area contributed by atoms with Gasteiger partial charge in [0.15, 0.2) is 17.5 Å². The highest BCUT2D eigenvalue weighted by Crippen LogP contribution is 2.38. The Labute approximate surface area is 152 Å². The summed E-state index contributed by atoms with van der Waals surface area (Å²) in [6.45, 7) is 3.96. The van der Waals surface area contributed by atoms with Gasteiger partial charge in [-0.2, -0.15) is 0 Å². The Balaban J connectivity index is 0.00000176. The van der Waals surface area contributed by atoms with Gasteiger partial charge < -0.3 is 20.1 Å². The molecule has 2 aliphatic rings. The van der Waals surface area contributed by atoms with Gasteiger partial charge >= 0.3 is 0 Å². The van der Waals surface area contributed by atoms with Gasteiger partial charge in [0.05, 0.1) is 5.02 Å². The second-order valence-electron chi connectivity index (χ2n) is 5.49. The summed E-state index contributed by atoms with van der Waals surface area (Å²) in [6, 6.07) is 4.40. The summed E-state index contributed by atoms with van der Waals surface area (Å²) in [4.78, 5) is 4.23. The topological polar surface area (TPSA) is 54.9 Å². The molecule has 122 valence electrons. The molecule has 0 bridgehead atoms. The molecule has 1 aromatic carbocycles. The molecule has 2 N–H and O–H groups in total. The first-order valence-electron chi connectivity index (χ1n) is 7.22. The van der Waals surface area contributed by atoms with Crippen molar-refractivity contribution in [1.82, 2.24) is 10.6 Å². The Morgan fingerprint density at radius 1 is 1.36 bits per heavy atom. The van der Waals surface area contributed by atoms with E-state index in [1.807, 2.05) is 12.1 Å². The van der Waals surface area contributed by atoms with Crippen molar-refractivity contribution in [2.75, 3.05) is 20.3 Å². The molecule has 2 atom stereocenters. The number of nitrogens with zero attached hydrogens (tertiary/aromatic N) is 1. The minimum absolute atomic E-state index is 0. The van der Waals surface area contributed by atoms with Crippen molar-refractivity contribution < 1.29 is 9.47 Å². The van der Waals surface area contributed by atoms with Crippen molar-refractivity contribution in [3.05, 3.63) is 22.7 Å². The normalized spacial score (nSPS) is 22.6. The predicted molar refractivity (Wildman–Crippen MR) is 98.8 cm³/mol. The number of aliphatic imine (C=N–C) groups is 1. The van der Waals surface area contributed by atoms with E-state index >= 15 is 0 Å². The van der Waals surface area contributed by atoms with E-state index in [0.29, 0.717) is 42.3 Å². The zero-order valence-corrected chi connectivity index (χ0v) is 15.8. The third kappa shape index (κ3) is 4.10. The van der Waals surface area contributed by atoms with Gasteiger partial charge in [-0.25, -0.2) is 0 Å². The molecule has 5 nitrogen and oxygen atoms in total. The minimum atomic E-state index is 0. The first-order chi connectivity index (χ1) is 10.2. The lowest BCUT2D eigenvalue weighted by Crippen LogP contribution is -2.38. The van der Waals surface area contributed by atoms with E-state index in [0.717, 1.165) is 17.4 Å². The number of benzene rings is 1. The van der Waals surface area contributed by atoms with Gasteiger partial charge in [-0.3, -0.25) is 4.99 Å². The smallest absolute Gasteiger partial charge is 0.191 e. The average molecular weight is 438 g/mol. The van der Waals surface area contributed by atoms with Crippen LogP contribution < -0.4 is 20.1 Å². The van der Waals surface area contributed by atoms with Crippen LogP contribution in [0, 0.1) is 5.92 Å². The van der Waals surface area contributed by atoms with Gasteiger partial charge in [-0.15, -0.1) is 24.0 Å². The highest BCUT2D eigenvalue weighted by Gasteiger charge is 2.33. The second kappa shape index (κ2) is 7.59. The maximum absolute atomic E-state index is 6.23. The lowest BCUT2D eigenvalue weighted by molar-refractivity contribution is 0.171. The maximum atomic E-state index is 6.23. The van der Waals surface area contributed by atoms with Gasteiger partial charge in [-0.1, -0.05) is 18.5 Å². The van der Waals surface area contributed by atoms with Crippen molar-refractivity contribution in [1.29, 1.82) is 0 Å². The number of hydrogen-bond donors (Lipinski definition) is 2. The zero-order chi connectivity index (χ0) is 14.8. The Hall–Kier alpha value is -0.890. The minimum Gasteiger partial charge on any atom is -0.486 e. The molecular formula is C15H21ClIN3O2. The molecule has 7 heteroatoms. The average Bonchev–Trinajstić information content (AvgIpc) is 3.18. The summed E-state index contributed by atoms with van der Waals surface area (Å²) in [7, 11) is 1.78. The molecule has 0 aromatic heterocycles. The summed E-state index contributed by atoms with van der Waals surface area (Å²) >= 11 is 6.23. The standard InChI is InChI=1S/C15H20ClN3O2.HI/c1-9-5-12(9)19-15(17-2)18-8-10-6-11(16)14-13(7-10)20-3-4-21-14;/h6-7,9,12H,3-5,8H2,1-2H3,(H2,17,18,19);1H. The maximum Gasteiger partial charge on any atom is 0.191 e. The summed E-state index contributed by atoms with van der Waals surface area (Å²) in [5.74, 6) is 2.90. The molecule has 2 unspecified atom stereocenters. The number of halogens is 2. The molecule has 1 aliphatic carbocycles. The van der Waals surface area contributed by atoms with Crippen molar-refractivity contribution in [2.24, 2.45) is 10.9 Å². The molecule has 0 radical (unpaired) electrons. The Kier molecular flexibility index (Phi) is 6.02. The van der Waals surface area contributed by atoms with E-state index in [4.69, 9.17) is 21.1 Å². The van der Waals surface area contributed by atoms with Crippen LogP contribution >= 0.6 is 35.6 Å². The summed E-state index contributed by atoms with van der Waals surface area (Å²) in [6.07, 6.45) is 1.20. The van der Waals surface area contributed by atoms with Crippen LogP contribution in [-0.2, 0) is 6.54 Å². The molecule has 22 heavy (non-hydrogen) atoms. The second-order valence-corrected chi connectivity index (χ2v) is 5.90. The highest BCUT2D eigenvalue weighted by atomic mass is 127. The molecule has 1 aliphatic heterocycles. The van der Waals surface area contributed by atoms with E-state index in [2.05, 4.69) is 22.5 Å². The fourth-order valence-electron chi connectivity index (χ4n) is 2.35. The van der Waals surface area contributed by atoms with Gasteiger partial charge in [-0.05, 0) is 30.0 Å². The number of rotatable bonds is 3. The van der Waals surface area contributed by atoms with Crippen LogP contribution in [0.15, 0.2) is 17.1 Å². The van der Waals surface area contributed by atoms with Crippen molar-refractivity contribution in [3.63, 3.8) is 0 Å². The molecule has 3 rings (SSSR count). The number of hydrogen-bond acceptors (Lipinski definition) is 3. The largest absolute Gasteiger partial charge is 0.486 e. The van der Waals surface area contributed by atoms with Crippen molar-refractivity contribution in [3.8, 4) is 11.5 Å². The van der Waals surface area contributed by atoms with E-state index in [-0.39, 0.29) is 24.0 Å². The number of fused-ring (bicyclic) bond motifs is 1. The van der Waals surface area contributed by atoms with E-state index in [9.17, 15) is 0 Å². The van der Waals surface area contributed by atoms with Gasteiger partial charge in [0.2, 0.25) is 0 Å². The van der Waals surface area contributed by atoms with Crippen LogP contribution in [-0.4, -0.2) is 32.3 Å². The van der Waals surface area contributed by atoms with Gasteiger partial charge in [0.1, 0.15) is 13.2 Å². The fraction of sp³-hybridized carbons (Fsp3) is 0.533. The predicted octanol–water partition coefficient (Wildman–Crippen LogP) is 2.80. The lowest BCUT2D eigenvalue weighted by atomic mass is 10.2. The molecule has 1 fully saturated rings. The van der Waals surface area contributed by atoms with Crippen LogP contribution in [0.4, 0.5) is 0 Å². The monoisotopic (exact) mass is 437 g/mol.